The molecule has 3 rings (SSSR count). The van der Waals surface area contributed by atoms with Crippen molar-refractivity contribution < 1.29 is 14.5 Å². The molecule has 1 amide bonds. The number of nitro groups is 1. The van der Waals surface area contributed by atoms with Gasteiger partial charge in [-0.15, -0.1) is 12.4 Å². The molecule has 1 aromatic heterocycles. The molecule has 1 N–H and O–H groups in total. The number of nitrogens with one attached hydrogen (secondary N) is 1. The second kappa shape index (κ2) is 9.84. The van der Waals surface area contributed by atoms with Crippen molar-refractivity contribution in [3.63, 3.8) is 0 Å². The van der Waals surface area contributed by atoms with Crippen LogP contribution in [0.2, 0.25) is 0 Å². The highest BCUT2D eigenvalue weighted by atomic mass is 35.5. The van der Waals surface area contributed by atoms with E-state index in [1.54, 1.807) is 24.5 Å². The molecule has 8 nitrogen and oxygen atoms in total. The van der Waals surface area contributed by atoms with Crippen molar-refractivity contribution in [3.8, 4) is 5.75 Å². The first-order chi connectivity index (χ1) is 12.7. The minimum absolute atomic E-state index is 0. The Kier molecular flexibility index (Phi) is 7.51. The zero-order chi connectivity index (χ0) is 18.4. The van der Waals surface area contributed by atoms with Crippen LogP contribution >= 0.6 is 12.4 Å². The van der Waals surface area contributed by atoms with Crippen molar-refractivity contribution in [3.05, 3.63) is 64.5 Å². The number of carbonyl (C=O) groups is 1. The Hall–Kier alpha value is -2.71. The third-order valence-electron chi connectivity index (χ3n) is 4.27. The van der Waals surface area contributed by atoms with Gasteiger partial charge in [-0.2, -0.15) is 0 Å². The van der Waals surface area contributed by atoms with Gasteiger partial charge in [-0.25, -0.2) is 0 Å². The highest BCUT2D eigenvalue weighted by Crippen LogP contribution is 2.26. The Bertz CT molecular complexity index is 775. The predicted molar refractivity (Wildman–Crippen MR) is 102 cm³/mol. The summed E-state index contributed by atoms with van der Waals surface area (Å²) in [5.41, 5.74) is 0.878. The first kappa shape index (κ1) is 20.6. The number of amides is 1. The maximum atomic E-state index is 12.7. The second-order valence-electron chi connectivity index (χ2n) is 5.92. The number of rotatable bonds is 6. The number of pyridine rings is 1. The molecule has 0 radical (unpaired) electrons. The number of carbonyl (C=O) groups excluding carboxylic acids is 1. The van der Waals surface area contributed by atoms with Gasteiger partial charge in [-0.3, -0.25) is 19.9 Å². The van der Waals surface area contributed by atoms with Crippen molar-refractivity contribution >= 4 is 24.0 Å². The zero-order valence-electron chi connectivity index (χ0n) is 14.6. The van der Waals surface area contributed by atoms with Gasteiger partial charge in [-0.05, 0) is 17.7 Å². The Morgan fingerprint density at radius 2 is 2.15 bits per heavy atom. The number of nitrogens with zero attached hydrogens (tertiary/aromatic N) is 3. The molecule has 0 bridgehead atoms. The summed E-state index contributed by atoms with van der Waals surface area (Å²) in [6, 6.07) is 9.89. The average Bonchev–Trinajstić information content (AvgIpc) is 2.69. The van der Waals surface area contributed by atoms with Gasteiger partial charge < -0.3 is 15.0 Å². The fraction of sp³-hybridized carbons (Fsp3) is 0.333. The molecule has 1 unspecified atom stereocenters. The van der Waals surface area contributed by atoms with Gasteiger partial charge in [0.25, 0.3) is 0 Å². The van der Waals surface area contributed by atoms with Crippen molar-refractivity contribution in [2.24, 2.45) is 0 Å². The SMILES string of the molecule is Cl.O=C(CCOc1ccccc1[N+](=O)[O-])N1CCNCC1c1cccnc1. The zero-order valence-corrected chi connectivity index (χ0v) is 15.4. The molecule has 2 aromatic rings. The molecule has 1 saturated heterocycles. The van der Waals surface area contributed by atoms with E-state index in [4.69, 9.17) is 4.74 Å². The molecule has 0 spiro atoms. The maximum absolute atomic E-state index is 12.7. The molecule has 2 heterocycles. The highest BCUT2D eigenvalue weighted by Gasteiger charge is 2.27. The summed E-state index contributed by atoms with van der Waals surface area (Å²) in [7, 11) is 0. The van der Waals surface area contributed by atoms with Crippen LogP contribution in [0.1, 0.15) is 18.0 Å². The minimum atomic E-state index is -0.494. The van der Waals surface area contributed by atoms with E-state index in [0.29, 0.717) is 13.1 Å². The van der Waals surface area contributed by atoms with Gasteiger partial charge in [0.05, 0.1) is 24.0 Å². The number of piperazine rings is 1. The Labute approximate surface area is 163 Å². The van der Waals surface area contributed by atoms with E-state index >= 15 is 0 Å². The molecule has 0 saturated carbocycles. The fourth-order valence-electron chi connectivity index (χ4n) is 3.00. The van der Waals surface area contributed by atoms with E-state index in [2.05, 4.69) is 10.3 Å². The molecule has 9 heteroatoms. The fourth-order valence-corrected chi connectivity index (χ4v) is 3.00. The van der Waals surface area contributed by atoms with Crippen molar-refractivity contribution in [2.45, 2.75) is 12.5 Å². The monoisotopic (exact) mass is 392 g/mol. The lowest BCUT2D eigenvalue weighted by molar-refractivity contribution is -0.385. The normalized spacial score (nSPS) is 16.3. The minimum Gasteiger partial charge on any atom is -0.486 e. The summed E-state index contributed by atoms with van der Waals surface area (Å²) in [5.74, 6) is 0.133. The van der Waals surface area contributed by atoms with Crippen molar-refractivity contribution in [1.82, 2.24) is 15.2 Å². The van der Waals surface area contributed by atoms with E-state index in [9.17, 15) is 14.9 Å². The van der Waals surface area contributed by atoms with Crippen molar-refractivity contribution in [2.75, 3.05) is 26.2 Å². The number of halogens is 1. The van der Waals surface area contributed by atoms with Crippen LogP contribution in [0.5, 0.6) is 5.75 Å². The summed E-state index contributed by atoms with van der Waals surface area (Å²) in [5, 5.41) is 14.3. The summed E-state index contributed by atoms with van der Waals surface area (Å²) >= 11 is 0. The van der Waals surface area contributed by atoms with Crippen LogP contribution in [-0.2, 0) is 4.79 Å². The second-order valence-corrected chi connectivity index (χ2v) is 5.92. The van der Waals surface area contributed by atoms with Crippen LogP contribution in [0.25, 0.3) is 0 Å². The quantitative estimate of drug-likeness (QED) is 0.598. The van der Waals surface area contributed by atoms with Gasteiger partial charge in [0.1, 0.15) is 0 Å². The Morgan fingerprint density at radius 1 is 1.33 bits per heavy atom. The number of aromatic nitrogens is 1. The molecule has 1 aliphatic rings. The van der Waals surface area contributed by atoms with Gasteiger partial charge in [0.2, 0.25) is 5.91 Å². The number of benzene rings is 1. The first-order valence-corrected chi connectivity index (χ1v) is 8.43. The third kappa shape index (κ3) is 5.15. The first-order valence-electron chi connectivity index (χ1n) is 8.43. The third-order valence-corrected chi connectivity index (χ3v) is 4.27. The van der Waals surface area contributed by atoms with Crippen molar-refractivity contribution in [1.29, 1.82) is 0 Å². The Balaban J connectivity index is 0.00000261. The smallest absolute Gasteiger partial charge is 0.310 e. The number of hydrogen-bond acceptors (Lipinski definition) is 6. The van der Waals surface area contributed by atoms with E-state index in [-0.39, 0.29) is 48.8 Å². The van der Waals surface area contributed by atoms with Gasteiger partial charge in [0, 0.05) is 38.1 Å². The summed E-state index contributed by atoms with van der Waals surface area (Å²) in [4.78, 5) is 29.1. The van der Waals surface area contributed by atoms with E-state index in [1.165, 1.54) is 12.1 Å². The molecule has 144 valence electrons. The predicted octanol–water partition coefficient (Wildman–Crippen LogP) is 2.35. The van der Waals surface area contributed by atoms with Crippen LogP contribution in [0.3, 0.4) is 0 Å². The summed E-state index contributed by atoms with van der Waals surface area (Å²) in [6.07, 6.45) is 3.62. The topological polar surface area (TPSA) is 97.6 Å². The molecule has 1 aromatic carbocycles. The number of hydrogen-bond donors (Lipinski definition) is 1. The van der Waals surface area contributed by atoms with E-state index in [0.717, 1.165) is 12.1 Å². The molecule has 1 atom stereocenters. The molecule has 0 aliphatic carbocycles. The molecule has 1 fully saturated rings. The van der Waals surface area contributed by atoms with Crippen LogP contribution < -0.4 is 10.1 Å². The lowest BCUT2D eigenvalue weighted by Crippen LogP contribution is -2.49. The lowest BCUT2D eigenvalue weighted by atomic mass is 10.0. The standard InChI is InChI=1S/C18H20N4O4.ClH/c23-18(7-11-26-17-6-2-1-5-15(17)22(24)25)21-10-9-20-13-16(21)14-4-3-8-19-12-14;/h1-6,8,12,16,20H,7,9-11,13H2;1H. The van der Waals surface area contributed by atoms with Crippen LogP contribution in [0.15, 0.2) is 48.8 Å². The summed E-state index contributed by atoms with van der Waals surface area (Å²) < 4.78 is 5.48. The van der Waals surface area contributed by atoms with Gasteiger partial charge >= 0.3 is 5.69 Å². The number of ether oxygens (including phenoxy) is 1. The van der Waals surface area contributed by atoms with Crippen LogP contribution in [-0.4, -0.2) is 47.0 Å². The number of nitro benzene ring substituents is 1. The molecule has 27 heavy (non-hydrogen) atoms. The Morgan fingerprint density at radius 3 is 2.89 bits per heavy atom. The molecular formula is C18H21ClN4O4. The van der Waals surface area contributed by atoms with Crippen LogP contribution in [0, 0.1) is 10.1 Å². The highest BCUT2D eigenvalue weighted by molar-refractivity contribution is 5.85. The van der Waals surface area contributed by atoms with E-state index < -0.39 is 4.92 Å². The summed E-state index contributed by atoms with van der Waals surface area (Å²) in [6.45, 7) is 2.09. The largest absolute Gasteiger partial charge is 0.486 e. The average molecular weight is 393 g/mol. The molecule has 1 aliphatic heterocycles. The lowest BCUT2D eigenvalue weighted by Gasteiger charge is -2.36. The van der Waals surface area contributed by atoms with Crippen LogP contribution in [0.4, 0.5) is 5.69 Å². The number of para-hydroxylation sites is 2. The van der Waals surface area contributed by atoms with Gasteiger partial charge in [-0.1, -0.05) is 18.2 Å². The molecular weight excluding hydrogens is 372 g/mol. The van der Waals surface area contributed by atoms with E-state index in [1.807, 2.05) is 17.0 Å². The van der Waals surface area contributed by atoms with Gasteiger partial charge in [0.15, 0.2) is 5.75 Å². The maximum Gasteiger partial charge on any atom is 0.310 e.